The molecule has 0 spiro atoms. The lowest BCUT2D eigenvalue weighted by Gasteiger charge is -2.09. The van der Waals surface area contributed by atoms with E-state index in [1.807, 2.05) is 0 Å². The van der Waals surface area contributed by atoms with Gasteiger partial charge in [0.15, 0.2) is 28.8 Å². The average molecular weight is 609 g/mol. The Hall–Kier alpha value is -4.43. The number of fused-ring (bicyclic) bond motifs is 2. The third-order valence-electron chi connectivity index (χ3n) is 6.66. The second-order valence-electron chi connectivity index (χ2n) is 9.40. The summed E-state index contributed by atoms with van der Waals surface area (Å²) in [6.07, 6.45) is 0. The third kappa shape index (κ3) is 5.81. The van der Waals surface area contributed by atoms with E-state index in [1.54, 1.807) is 36.4 Å². The Kier molecular flexibility index (Phi) is 7.33. The Morgan fingerprint density at radius 2 is 0.929 bits per heavy atom. The predicted octanol–water partition coefficient (Wildman–Crippen LogP) is 3.33. The van der Waals surface area contributed by atoms with Crippen LogP contribution in [0.3, 0.4) is 0 Å². The van der Waals surface area contributed by atoms with Crippen LogP contribution in [0.4, 0.5) is 0 Å². The molecule has 6 rings (SSSR count). The molecule has 216 valence electrons. The lowest BCUT2D eigenvalue weighted by atomic mass is 10.0. The van der Waals surface area contributed by atoms with E-state index in [0.717, 1.165) is 0 Å². The highest BCUT2D eigenvalue weighted by atomic mass is 32.2. The second-order valence-corrected chi connectivity index (χ2v) is 12.9. The normalized spacial score (nSPS) is 13.7. The fourth-order valence-corrected chi connectivity index (χ4v) is 6.40. The van der Waals surface area contributed by atoms with Crippen LogP contribution in [-0.4, -0.2) is 36.2 Å². The first-order valence-corrected chi connectivity index (χ1v) is 15.7. The molecular formula is C29H24N2O9S2. The summed E-state index contributed by atoms with van der Waals surface area (Å²) in [5, 5.41) is 0. The molecule has 4 aromatic carbocycles. The molecular weight excluding hydrogens is 584 g/mol. The summed E-state index contributed by atoms with van der Waals surface area (Å²) in [6, 6.07) is 21.3. The summed E-state index contributed by atoms with van der Waals surface area (Å²) in [7, 11) is -7.70. The molecule has 0 bridgehead atoms. The van der Waals surface area contributed by atoms with Gasteiger partial charge in [-0.25, -0.2) is 26.3 Å². The molecule has 0 atom stereocenters. The average Bonchev–Trinajstić information content (AvgIpc) is 3.68. The molecule has 42 heavy (non-hydrogen) atoms. The van der Waals surface area contributed by atoms with E-state index < -0.39 is 20.0 Å². The van der Waals surface area contributed by atoms with Gasteiger partial charge < -0.3 is 18.9 Å². The minimum absolute atomic E-state index is 0.00484. The van der Waals surface area contributed by atoms with Crippen molar-refractivity contribution in [2.24, 2.45) is 0 Å². The maximum Gasteiger partial charge on any atom is 0.240 e. The van der Waals surface area contributed by atoms with Crippen LogP contribution in [0.25, 0.3) is 0 Å². The molecule has 4 aromatic rings. The number of carbonyl (C=O) groups excluding carboxylic acids is 1. The van der Waals surface area contributed by atoms with E-state index in [4.69, 9.17) is 18.9 Å². The molecule has 2 heterocycles. The predicted molar refractivity (Wildman–Crippen MR) is 149 cm³/mol. The van der Waals surface area contributed by atoms with Gasteiger partial charge in [-0.15, -0.1) is 0 Å². The first kappa shape index (κ1) is 27.7. The molecule has 11 nitrogen and oxygen atoms in total. The van der Waals surface area contributed by atoms with Crippen molar-refractivity contribution in [3.8, 4) is 23.0 Å². The van der Waals surface area contributed by atoms with E-state index in [-0.39, 0.29) is 53.4 Å². The number of rotatable bonds is 10. The monoisotopic (exact) mass is 608 g/mol. The van der Waals surface area contributed by atoms with Crippen molar-refractivity contribution in [3.05, 3.63) is 107 Å². The number of hydrogen-bond donors (Lipinski definition) is 2. The maximum absolute atomic E-state index is 13.0. The number of nitrogens with one attached hydrogen (secondary N) is 2. The zero-order valence-electron chi connectivity index (χ0n) is 21.9. The largest absolute Gasteiger partial charge is 0.454 e. The van der Waals surface area contributed by atoms with E-state index in [0.29, 0.717) is 34.1 Å². The minimum atomic E-state index is -3.85. The highest BCUT2D eigenvalue weighted by molar-refractivity contribution is 7.89. The van der Waals surface area contributed by atoms with E-state index in [9.17, 15) is 21.6 Å². The van der Waals surface area contributed by atoms with Gasteiger partial charge >= 0.3 is 0 Å². The van der Waals surface area contributed by atoms with Gasteiger partial charge in [-0.05, 0) is 83.9 Å². The molecule has 0 saturated heterocycles. The summed E-state index contributed by atoms with van der Waals surface area (Å²) >= 11 is 0. The Morgan fingerprint density at radius 3 is 1.33 bits per heavy atom. The summed E-state index contributed by atoms with van der Waals surface area (Å²) in [4.78, 5) is 13.0. The van der Waals surface area contributed by atoms with Crippen LogP contribution in [0.5, 0.6) is 23.0 Å². The van der Waals surface area contributed by atoms with Crippen molar-refractivity contribution in [1.29, 1.82) is 0 Å². The van der Waals surface area contributed by atoms with Crippen LogP contribution >= 0.6 is 0 Å². The molecule has 0 radical (unpaired) electrons. The fraction of sp³-hybridized carbons (Fsp3) is 0.138. The smallest absolute Gasteiger partial charge is 0.240 e. The van der Waals surface area contributed by atoms with Crippen molar-refractivity contribution in [3.63, 3.8) is 0 Å². The molecule has 0 saturated carbocycles. The van der Waals surface area contributed by atoms with Crippen LogP contribution in [-0.2, 0) is 33.1 Å². The molecule has 0 aliphatic carbocycles. The van der Waals surface area contributed by atoms with Crippen LogP contribution in [0.1, 0.15) is 27.0 Å². The molecule has 0 aromatic heterocycles. The van der Waals surface area contributed by atoms with Crippen molar-refractivity contribution < 1.29 is 40.6 Å². The van der Waals surface area contributed by atoms with Crippen molar-refractivity contribution in [2.75, 3.05) is 13.6 Å². The van der Waals surface area contributed by atoms with Crippen LogP contribution < -0.4 is 28.4 Å². The molecule has 2 aliphatic heterocycles. The Balaban J connectivity index is 1.07. The molecule has 0 unspecified atom stereocenters. The summed E-state index contributed by atoms with van der Waals surface area (Å²) in [5.74, 6) is 1.93. The van der Waals surface area contributed by atoms with Crippen molar-refractivity contribution >= 4 is 25.8 Å². The van der Waals surface area contributed by atoms with Gasteiger partial charge in [-0.2, -0.15) is 0 Å². The van der Waals surface area contributed by atoms with Crippen LogP contribution in [0.2, 0.25) is 0 Å². The zero-order valence-corrected chi connectivity index (χ0v) is 23.5. The number of ketones is 1. The Morgan fingerprint density at radius 1 is 0.548 bits per heavy atom. The SMILES string of the molecule is O=C(c1ccc(S(=O)(=O)NCc2ccc3c(c2)OCO3)cc1)c1ccc(S(=O)(=O)NCc2ccc3c(c2)OCO3)cc1. The molecule has 2 aliphatic rings. The quantitative estimate of drug-likeness (QED) is 0.259. The van der Waals surface area contributed by atoms with Gasteiger partial charge in [-0.3, -0.25) is 4.79 Å². The van der Waals surface area contributed by atoms with Gasteiger partial charge in [0.2, 0.25) is 33.6 Å². The van der Waals surface area contributed by atoms with Gasteiger partial charge in [0.1, 0.15) is 0 Å². The Bertz CT molecular complexity index is 1740. The van der Waals surface area contributed by atoms with E-state index in [2.05, 4.69) is 9.44 Å². The summed E-state index contributed by atoms with van der Waals surface area (Å²) in [5.41, 5.74) is 1.90. The highest BCUT2D eigenvalue weighted by Gasteiger charge is 2.20. The maximum atomic E-state index is 13.0. The first-order valence-electron chi connectivity index (χ1n) is 12.7. The molecule has 2 N–H and O–H groups in total. The second kappa shape index (κ2) is 11.1. The van der Waals surface area contributed by atoms with Gasteiger partial charge in [0, 0.05) is 24.2 Å². The minimum Gasteiger partial charge on any atom is -0.454 e. The van der Waals surface area contributed by atoms with Gasteiger partial charge in [0.05, 0.1) is 9.79 Å². The van der Waals surface area contributed by atoms with Gasteiger partial charge in [-0.1, -0.05) is 12.1 Å². The number of sulfonamides is 2. The molecule has 13 heteroatoms. The standard InChI is InChI=1S/C29H24N2O9S2/c32-29(21-3-7-23(8-4-21)41(33,34)30-15-19-1-11-25-27(13-19)39-17-37-25)22-5-9-24(10-6-22)42(35,36)31-16-20-2-12-26-28(14-20)40-18-38-26/h1-14,30-31H,15-18H2. The topological polar surface area (TPSA) is 146 Å². The lowest BCUT2D eigenvalue weighted by Crippen LogP contribution is -2.23. The summed E-state index contributed by atoms with van der Waals surface area (Å²) in [6.45, 7) is 0.333. The third-order valence-corrected chi connectivity index (χ3v) is 9.49. The van der Waals surface area contributed by atoms with Gasteiger partial charge in [0.25, 0.3) is 0 Å². The number of carbonyl (C=O) groups is 1. The van der Waals surface area contributed by atoms with Crippen LogP contribution in [0.15, 0.2) is 94.7 Å². The van der Waals surface area contributed by atoms with Crippen molar-refractivity contribution in [1.82, 2.24) is 9.44 Å². The molecule has 0 amide bonds. The Labute approximate surface area is 242 Å². The van der Waals surface area contributed by atoms with E-state index >= 15 is 0 Å². The highest BCUT2D eigenvalue weighted by Crippen LogP contribution is 2.33. The molecule has 0 fully saturated rings. The van der Waals surface area contributed by atoms with Crippen LogP contribution in [0, 0.1) is 0 Å². The number of benzene rings is 4. The first-order chi connectivity index (χ1) is 20.2. The van der Waals surface area contributed by atoms with Crippen molar-refractivity contribution in [2.45, 2.75) is 22.9 Å². The number of ether oxygens (including phenoxy) is 4. The van der Waals surface area contributed by atoms with E-state index in [1.165, 1.54) is 48.5 Å². The zero-order chi connectivity index (χ0) is 29.3. The summed E-state index contributed by atoms with van der Waals surface area (Å²) < 4.78 is 77.4. The fourth-order valence-electron chi connectivity index (χ4n) is 4.36. The number of hydrogen-bond acceptors (Lipinski definition) is 9. The lowest BCUT2D eigenvalue weighted by molar-refractivity contribution is 0.103.